The molecule has 15 heavy (non-hydrogen) atoms. The molecule has 3 heteroatoms. The average Bonchev–Trinajstić information content (AvgIpc) is 2.62. The van der Waals surface area contributed by atoms with Crippen molar-refractivity contribution >= 4 is 22.8 Å². The van der Waals surface area contributed by atoms with Crippen LogP contribution >= 0.6 is 11.7 Å². The van der Waals surface area contributed by atoms with Gasteiger partial charge in [0.2, 0.25) is 0 Å². The fraction of sp³-hybridized carbons (Fsp3) is 0.500. The van der Waals surface area contributed by atoms with Gasteiger partial charge < -0.3 is 0 Å². The van der Waals surface area contributed by atoms with Gasteiger partial charge >= 0.3 is 0 Å². The lowest BCUT2D eigenvalue weighted by Gasteiger charge is -2.11. The maximum absolute atomic E-state index is 4.37. The van der Waals surface area contributed by atoms with Crippen molar-refractivity contribution in [3.8, 4) is 0 Å². The summed E-state index contributed by atoms with van der Waals surface area (Å²) in [7, 11) is 0. The molecule has 0 atom stereocenters. The number of hydrogen-bond donors (Lipinski definition) is 0. The van der Waals surface area contributed by atoms with Gasteiger partial charge in [0.1, 0.15) is 11.0 Å². The van der Waals surface area contributed by atoms with Gasteiger partial charge in [-0.05, 0) is 29.0 Å². The van der Waals surface area contributed by atoms with Crippen LogP contribution in [0.25, 0.3) is 11.0 Å². The Morgan fingerprint density at radius 3 is 2.33 bits per heavy atom. The number of aromatic nitrogens is 2. The Labute approximate surface area is 94.7 Å². The summed E-state index contributed by atoms with van der Waals surface area (Å²) in [5, 5.41) is 0. The Morgan fingerprint density at radius 1 is 1.00 bits per heavy atom. The van der Waals surface area contributed by atoms with Gasteiger partial charge in [-0.3, -0.25) is 0 Å². The minimum Gasteiger partial charge on any atom is -0.173 e. The normalized spacial score (nSPS) is 11.9. The van der Waals surface area contributed by atoms with Crippen LogP contribution in [0.3, 0.4) is 0 Å². The van der Waals surface area contributed by atoms with E-state index < -0.39 is 0 Å². The zero-order valence-corrected chi connectivity index (χ0v) is 10.4. The molecule has 1 heterocycles. The van der Waals surface area contributed by atoms with Crippen molar-refractivity contribution in [1.82, 2.24) is 8.75 Å². The Kier molecular flexibility index (Phi) is 2.74. The van der Waals surface area contributed by atoms with E-state index in [2.05, 4.69) is 48.6 Å². The Hall–Kier alpha value is -0.960. The number of hydrogen-bond acceptors (Lipinski definition) is 3. The summed E-state index contributed by atoms with van der Waals surface area (Å²) in [5.74, 6) is 1.06. The largest absolute Gasteiger partial charge is 0.173 e. The summed E-state index contributed by atoms with van der Waals surface area (Å²) in [6, 6.07) is 4.44. The third-order valence-electron chi connectivity index (χ3n) is 2.70. The van der Waals surface area contributed by atoms with E-state index >= 15 is 0 Å². The third kappa shape index (κ3) is 1.88. The molecule has 2 rings (SSSR count). The Morgan fingerprint density at radius 2 is 1.73 bits per heavy atom. The van der Waals surface area contributed by atoms with E-state index in [1.165, 1.54) is 22.9 Å². The second-order valence-electron chi connectivity index (χ2n) is 4.55. The number of nitrogens with zero attached hydrogens (tertiary/aromatic N) is 2. The number of rotatable bonds is 2. The highest BCUT2D eigenvalue weighted by molar-refractivity contribution is 7.00. The number of fused-ring (bicyclic) bond motifs is 1. The van der Waals surface area contributed by atoms with Crippen molar-refractivity contribution in [2.24, 2.45) is 0 Å². The molecular weight excluding hydrogens is 204 g/mol. The molecule has 0 N–H and O–H groups in total. The van der Waals surface area contributed by atoms with Crippen molar-refractivity contribution in [2.75, 3.05) is 0 Å². The maximum atomic E-state index is 4.37. The van der Waals surface area contributed by atoms with Crippen molar-refractivity contribution < 1.29 is 0 Å². The first-order valence-electron chi connectivity index (χ1n) is 5.35. The lowest BCUT2D eigenvalue weighted by molar-refractivity contribution is 0.840. The summed E-state index contributed by atoms with van der Waals surface area (Å²) >= 11 is 1.30. The van der Waals surface area contributed by atoms with Gasteiger partial charge in [0.05, 0.1) is 11.7 Å². The summed E-state index contributed by atoms with van der Waals surface area (Å²) in [4.78, 5) is 0. The van der Waals surface area contributed by atoms with E-state index in [0.717, 1.165) is 11.0 Å². The van der Waals surface area contributed by atoms with Gasteiger partial charge in [-0.2, -0.15) is 8.75 Å². The Balaban J connectivity index is 2.69. The van der Waals surface area contributed by atoms with Gasteiger partial charge in [-0.15, -0.1) is 0 Å². The highest BCUT2D eigenvalue weighted by Crippen LogP contribution is 2.28. The van der Waals surface area contributed by atoms with Gasteiger partial charge in [-0.1, -0.05) is 33.8 Å². The lowest BCUT2D eigenvalue weighted by atomic mass is 9.94. The van der Waals surface area contributed by atoms with Crippen LogP contribution in [-0.2, 0) is 0 Å². The predicted molar refractivity (Wildman–Crippen MR) is 65.6 cm³/mol. The zero-order valence-electron chi connectivity index (χ0n) is 9.61. The molecule has 0 unspecified atom stereocenters. The molecule has 0 amide bonds. The summed E-state index contributed by atoms with van der Waals surface area (Å²) in [6.07, 6.45) is 0. The maximum Gasteiger partial charge on any atom is 0.108 e. The molecular formula is C12H16N2S. The SMILES string of the molecule is CC(C)c1cc(C(C)C)c2nsnc2c1. The summed E-state index contributed by atoms with van der Waals surface area (Å²) in [6.45, 7) is 8.84. The van der Waals surface area contributed by atoms with E-state index in [1.807, 2.05) is 0 Å². The van der Waals surface area contributed by atoms with Crippen LogP contribution in [0, 0.1) is 0 Å². The molecule has 0 bridgehead atoms. The first kappa shape index (κ1) is 10.6. The second kappa shape index (κ2) is 3.89. The summed E-state index contributed by atoms with van der Waals surface area (Å²) < 4.78 is 8.71. The van der Waals surface area contributed by atoms with Crippen LogP contribution in [0.4, 0.5) is 0 Å². The van der Waals surface area contributed by atoms with E-state index in [4.69, 9.17) is 0 Å². The van der Waals surface area contributed by atoms with Gasteiger partial charge in [0.15, 0.2) is 0 Å². The molecule has 0 spiro atoms. The molecule has 0 aliphatic carbocycles. The quantitative estimate of drug-likeness (QED) is 0.766. The smallest absolute Gasteiger partial charge is 0.108 e. The van der Waals surface area contributed by atoms with Crippen molar-refractivity contribution in [2.45, 2.75) is 39.5 Å². The predicted octanol–water partition coefficient (Wildman–Crippen LogP) is 3.94. The third-order valence-corrected chi connectivity index (χ3v) is 3.24. The molecule has 0 fully saturated rings. The van der Waals surface area contributed by atoms with Crippen molar-refractivity contribution in [1.29, 1.82) is 0 Å². The van der Waals surface area contributed by atoms with Crippen molar-refractivity contribution in [3.63, 3.8) is 0 Å². The molecule has 1 aromatic carbocycles. The molecule has 1 aromatic heterocycles. The van der Waals surface area contributed by atoms with Crippen LogP contribution in [-0.4, -0.2) is 8.75 Å². The molecule has 2 nitrogen and oxygen atoms in total. The van der Waals surface area contributed by atoms with Crippen LogP contribution in [0.2, 0.25) is 0 Å². The molecule has 80 valence electrons. The van der Waals surface area contributed by atoms with E-state index in [-0.39, 0.29) is 0 Å². The highest BCUT2D eigenvalue weighted by atomic mass is 32.1. The Bertz CT molecular complexity index is 471. The topological polar surface area (TPSA) is 25.8 Å². The first-order chi connectivity index (χ1) is 7.09. The van der Waals surface area contributed by atoms with Crippen LogP contribution in [0.15, 0.2) is 12.1 Å². The first-order valence-corrected chi connectivity index (χ1v) is 6.08. The summed E-state index contributed by atoms with van der Waals surface area (Å²) in [5.41, 5.74) is 4.82. The molecule has 0 radical (unpaired) electrons. The second-order valence-corrected chi connectivity index (χ2v) is 5.08. The minimum atomic E-state index is 0.509. The molecule has 0 aliphatic rings. The molecule has 2 aromatic rings. The van der Waals surface area contributed by atoms with Gasteiger partial charge in [-0.25, -0.2) is 0 Å². The monoisotopic (exact) mass is 220 g/mol. The van der Waals surface area contributed by atoms with E-state index in [0.29, 0.717) is 11.8 Å². The zero-order chi connectivity index (χ0) is 11.0. The van der Waals surface area contributed by atoms with Crippen LogP contribution in [0.5, 0.6) is 0 Å². The van der Waals surface area contributed by atoms with Crippen molar-refractivity contribution in [3.05, 3.63) is 23.3 Å². The van der Waals surface area contributed by atoms with E-state index in [1.54, 1.807) is 0 Å². The highest BCUT2D eigenvalue weighted by Gasteiger charge is 2.12. The fourth-order valence-electron chi connectivity index (χ4n) is 1.71. The fourth-order valence-corrected chi connectivity index (χ4v) is 2.26. The molecule has 0 saturated heterocycles. The average molecular weight is 220 g/mol. The molecule has 0 saturated carbocycles. The van der Waals surface area contributed by atoms with Crippen LogP contribution < -0.4 is 0 Å². The van der Waals surface area contributed by atoms with E-state index in [9.17, 15) is 0 Å². The standard InChI is InChI=1S/C12H16N2S/c1-7(2)9-5-10(8(3)4)12-11(6-9)13-15-14-12/h5-8H,1-4H3. The lowest BCUT2D eigenvalue weighted by Crippen LogP contribution is -1.94. The van der Waals surface area contributed by atoms with Gasteiger partial charge in [0, 0.05) is 0 Å². The number of benzene rings is 1. The van der Waals surface area contributed by atoms with Crippen LogP contribution in [0.1, 0.15) is 50.7 Å². The molecule has 0 aliphatic heterocycles. The minimum absolute atomic E-state index is 0.509. The van der Waals surface area contributed by atoms with Gasteiger partial charge in [0.25, 0.3) is 0 Å².